The van der Waals surface area contributed by atoms with Crippen LogP contribution in [-0.4, -0.2) is 16.6 Å². The number of amides is 1. The van der Waals surface area contributed by atoms with Crippen LogP contribution in [0.4, 0.5) is 18.9 Å². The quantitative estimate of drug-likeness (QED) is 0.677. The van der Waals surface area contributed by atoms with E-state index in [1.54, 1.807) is 12.1 Å². The third kappa shape index (κ3) is 5.64. The molecule has 1 amide bonds. The minimum atomic E-state index is -4.50. The number of carbonyl (C=O) groups excluding carboxylic acids is 1. The monoisotopic (exact) mass is 388 g/mol. The number of pyridine rings is 1. The van der Waals surface area contributed by atoms with Gasteiger partial charge in [0.25, 0.3) is 0 Å². The molecule has 0 bridgehead atoms. The largest absolute Gasteiger partial charge is 0.417 e. The third-order valence-electron chi connectivity index (χ3n) is 3.34. The van der Waals surface area contributed by atoms with Crippen LogP contribution in [0, 0.1) is 0 Å². The molecular formula is C17H16ClF3N2OS. The highest BCUT2D eigenvalue weighted by Crippen LogP contribution is 2.33. The van der Waals surface area contributed by atoms with E-state index in [1.807, 2.05) is 12.1 Å². The first-order chi connectivity index (χ1) is 11.7. The lowest BCUT2D eigenvalue weighted by molar-refractivity contribution is -0.137. The van der Waals surface area contributed by atoms with Gasteiger partial charge in [-0.05, 0) is 29.7 Å². The molecule has 2 rings (SSSR count). The van der Waals surface area contributed by atoms with Gasteiger partial charge in [0.1, 0.15) is 5.03 Å². The van der Waals surface area contributed by atoms with E-state index in [-0.39, 0.29) is 21.7 Å². The minimum absolute atomic E-state index is 0.00990. The van der Waals surface area contributed by atoms with Crippen molar-refractivity contribution < 1.29 is 18.0 Å². The van der Waals surface area contributed by atoms with Crippen LogP contribution in [0.25, 0.3) is 0 Å². The number of nitrogens with zero attached hydrogens (tertiary/aromatic N) is 1. The van der Waals surface area contributed by atoms with Crippen molar-refractivity contribution in [2.75, 3.05) is 11.1 Å². The average molecular weight is 389 g/mol. The van der Waals surface area contributed by atoms with Gasteiger partial charge in [0.05, 0.1) is 16.3 Å². The summed E-state index contributed by atoms with van der Waals surface area (Å²) in [5, 5.41) is 2.77. The SMILES string of the molecule is CC(C)c1ccc(NC(=O)CSc2ncc(C(F)(F)F)cc2Cl)cc1. The Bertz CT molecular complexity index is 749. The van der Waals surface area contributed by atoms with Crippen molar-refractivity contribution in [1.82, 2.24) is 4.98 Å². The van der Waals surface area contributed by atoms with Gasteiger partial charge in [0.15, 0.2) is 0 Å². The van der Waals surface area contributed by atoms with Gasteiger partial charge in [-0.1, -0.05) is 49.3 Å². The van der Waals surface area contributed by atoms with Gasteiger partial charge in [-0.3, -0.25) is 4.79 Å². The number of rotatable bonds is 5. The number of nitrogens with one attached hydrogen (secondary N) is 1. The maximum atomic E-state index is 12.6. The summed E-state index contributed by atoms with van der Waals surface area (Å²) in [6, 6.07) is 8.28. The van der Waals surface area contributed by atoms with Gasteiger partial charge in [0.2, 0.25) is 5.91 Å². The fraction of sp³-hybridized carbons (Fsp3) is 0.294. The third-order valence-corrected chi connectivity index (χ3v) is 4.74. The Labute approximate surface area is 153 Å². The highest BCUT2D eigenvalue weighted by molar-refractivity contribution is 8.00. The summed E-state index contributed by atoms with van der Waals surface area (Å²) in [6.45, 7) is 4.15. The van der Waals surface area contributed by atoms with E-state index < -0.39 is 11.7 Å². The number of hydrogen-bond acceptors (Lipinski definition) is 3. The first-order valence-corrected chi connectivity index (χ1v) is 8.78. The molecule has 0 saturated heterocycles. The van der Waals surface area contributed by atoms with Crippen molar-refractivity contribution in [2.45, 2.75) is 31.0 Å². The summed E-state index contributed by atoms with van der Waals surface area (Å²) in [6.07, 6.45) is -3.80. The summed E-state index contributed by atoms with van der Waals surface area (Å²) < 4.78 is 37.7. The lowest BCUT2D eigenvalue weighted by atomic mass is 10.0. The van der Waals surface area contributed by atoms with Gasteiger partial charge in [-0.15, -0.1) is 0 Å². The summed E-state index contributed by atoms with van der Waals surface area (Å²) in [4.78, 5) is 15.6. The van der Waals surface area contributed by atoms with Gasteiger partial charge in [0, 0.05) is 11.9 Å². The number of halogens is 4. The Morgan fingerprint density at radius 1 is 1.28 bits per heavy atom. The van der Waals surface area contributed by atoms with E-state index in [0.717, 1.165) is 23.4 Å². The summed E-state index contributed by atoms with van der Waals surface area (Å²) in [5.41, 5.74) is 0.895. The number of anilines is 1. The van der Waals surface area contributed by atoms with E-state index >= 15 is 0 Å². The maximum Gasteiger partial charge on any atom is 0.417 e. The van der Waals surface area contributed by atoms with Crippen LogP contribution < -0.4 is 5.32 Å². The predicted molar refractivity (Wildman–Crippen MR) is 94.1 cm³/mol. The van der Waals surface area contributed by atoms with Crippen molar-refractivity contribution >= 4 is 35.0 Å². The number of hydrogen-bond donors (Lipinski definition) is 1. The molecule has 1 aromatic heterocycles. The van der Waals surface area contributed by atoms with Crippen molar-refractivity contribution in [1.29, 1.82) is 0 Å². The molecule has 1 aromatic carbocycles. The Hall–Kier alpha value is -1.73. The van der Waals surface area contributed by atoms with Crippen LogP contribution in [0.15, 0.2) is 41.6 Å². The predicted octanol–water partition coefficient (Wildman–Crippen LogP) is 5.61. The molecule has 0 spiro atoms. The zero-order chi connectivity index (χ0) is 18.6. The van der Waals surface area contributed by atoms with E-state index in [1.165, 1.54) is 0 Å². The molecule has 8 heteroatoms. The topological polar surface area (TPSA) is 42.0 Å². The smallest absolute Gasteiger partial charge is 0.325 e. The molecule has 2 aromatic rings. The molecule has 25 heavy (non-hydrogen) atoms. The molecule has 3 nitrogen and oxygen atoms in total. The molecule has 0 unspecified atom stereocenters. The normalized spacial score (nSPS) is 11.6. The second-order valence-corrected chi connectivity index (χ2v) is 6.99. The van der Waals surface area contributed by atoms with Crippen LogP contribution in [0.2, 0.25) is 5.02 Å². The lowest BCUT2D eigenvalue weighted by Crippen LogP contribution is -2.14. The lowest BCUT2D eigenvalue weighted by Gasteiger charge is -2.10. The molecule has 0 aliphatic heterocycles. The Kier molecular flexibility index (Phi) is 6.35. The molecule has 0 atom stereocenters. The van der Waals surface area contributed by atoms with Crippen LogP contribution in [0.1, 0.15) is 30.9 Å². The second kappa shape index (κ2) is 8.10. The number of thioether (sulfide) groups is 1. The first kappa shape index (κ1) is 19.6. The van der Waals surface area contributed by atoms with Crippen molar-refractivity contribution in [3.8, 4) is 0 Å². The number of carbonyl (C=O) groups is 1. The minimum Gasteiger partial charge on any atom is -0.325 e. The molecule has 0 saturated carbocycles. The van der Waals surface area contributed by atoms with Gasteiger partial charge in [-0.25, -0.2) is 4.98 Å². The zero-order valence-corrected chi connectivity index (χ0v) is 15.1. The van der Waals surface area contributed by atoms with Gasteiger partial charge >= 0.3 is 6.18 Å². The Morgan fingerprint density at radius 2 is 1.92 bits per heavy atom. The van der Waals surface area contributed by atoms with Crippen molar-refractivity contribution in [3.63, 3.8) is 0 Å². The van der Waals surface area contributed by atoms with Crippen LogP contribution in [0.3, 0.4) is 0 Å². The van der Waals surface area contributed by atoms with Crippen LogP contribution in [0.5, 0.6) is 0 Å². The molecular weight excluding hydrogens is 373 g/mol. The fourth-order valence-corrected chi connectivity index (χ4v) is 2.96. The number of aromatic nitrogens is 1. The first-order valence-electron chi connectivity index (χ1n) is 7.42. The van der Waals surface area contributed by atoms with Crippen molar-refractivity contribution in [2.24, 2.45) is 0 Å². The highest BCUT2D eigenvalue weighted by Gasteiger charge is 2.31. The zero-order valence-electron chi connectivity index (χ0n) is 13.5. The molecule has 0 fully saturated rings. The average Bonchev–Trinajstić information content (AvgIpc) is 2.53. The number of alkyl halides is 3. The highest BCUT2D eigenvalue weighted by atomic mass is 35.5. The second-order valence-electron chi connectivity index (χ2n) is 5.62. The molecule has 0 aliphatic carbocycles. The number of benzene rings is 1. The van der Waals surface area contributed by atoms with Gasteiger partial charge < -0.3 is 5.32 Å². The van der Waals surface area contributed by atoms with E-state index in [2.05, 4.69) is 24.1 Å². The molecule has 0 radical (unpaired) electrons. The van der Waals surface area contributed by atoms with Crippen LogP contribution >= 0.6 is 23.4 Å². The Morgan fingerprint density at radius 3 is 2.44 bits per heavy atom. The van der Waals surface area contributed by atoms with E-state index in [0.29, 0.717) is 17.8 Å². The molecule has 134 valence electrons. The van der Waals surface area contributed by atoms with E-state index in [4.69, 9.17) is 11.6 Å². The maximum absolute atomic E-state index is 12.6. The van der Waals surface area contributed by atoms with Crippen LogP contribution in [-0.2, 0) is 11.0 Å². The van der Waals surface area contributed by atoms with Gasteiger partial charge in [-0.2, -0.15) is 13.2 Å². The molecule has 1 heterocycles. The fourth-order valence-electron chi connectivity index (χ4n) is 1.97. The van der Waals surface area contributed by atoms with E-state index in [9.17, 15) is 18.0 Å². The van der Waals surface area contributed by atoms with Crippen molar-refractivity contribution in [3.05, 3.63) is 52.7 Å². The summed E-state index contributed by atoms with van der Waals surface area (Å²) in [5.74, 6) is 0.0950. The molecule has 1 N–H and O–H groups in total. The Balaban J connectivity index is 1.93. The summed E-state index contributed by atoms with van der Waals surface area (Å²) >= 11 is 6.79. The molecule has 0 aliphatic rings. The summed E-state index contributed by atoms with van der Waals surface area (Å²) in [7, 11) is 0. The standard InChI is InChI=1S/C17H16ClF3N2OS/c1-10(2)11-3-5-13(6-4-11)23-15(24)9-25-16-14(18)7-12(8-22-16)17(19,20)21/h3-8,10H,9H2,1-2H3,(H,23,24).